The predicted molar refractivity (Wildman–Crippen MR) is 38.3 cm³/mol. The van der Waals surface area contributed by atoms with Gasteiger partial charge in [-0.05, 0) is 13.8 Å². The Morgan fingerprint density at radius 2 is 2.50 bits per heavy atom. The van der Waals surface area contributed by atoms with Gasteiger partial charge in [0.25, 0.3) is 0 Å². The Labute approximate surface area is 60.0 Å². The van der Waals surface area contributed by atoms with E-state index in [2.05, 4.69) is 10.3 Å². The molecule has 4 heteroatoms. The molecule has 0 amide bonds. The van der Waals surface area contributed by atoms with Crippen LogP contribution in [0.3, 0.4) is 0 Å². The topological polar surface area (TPSA) is 56.7 Å². The molecule has 0 saturated heterocycles. The summed E-state index contributed by atoms with van der Waals surface area (Å²) in [5.74, 6) is 0. The molecule has 0 radical (unpaired) electrons. The summed E-state index contributed by atoms with van der Waals surface area (Å²) in [6, 6.07) is -0.0136. The minimum atomic E-state index is -0.0136. The van der Waals surface area contributed by atoms with Crippen LogP contribution in [0.2, 0.25) is 0 Å². The number of hydrogen-bond acceptors (Lipinski definition) is 3. The van der Waals surface area contributed by atoms with Gasteiger partial charge in [0.2, 0.25) is 0 Å². The molecule has 2 N–H and O–H groups in total. The normalized spacial score (nSPS) is 13.5. The number of rotatable bonds is 2. The van der Waals surface area contributed by atoms with Crippen molar-refractivity contribution in [2.75, 3.05) is 0 Å². The van der Waals surface area contributed by atoms with Gasteiger partial charge < -0.3 is 5.73 Å². The number of aromatic nitrogens is 3. The van der Waals surface area contributed by atoms with E-state index in [9.17, 15) is 0 Å². The Kier molecular flexibility index (Phi) is 2.01. The molecule has 0 bridgehead atoms. The smallest absolute Gasteiger partial charge is 0.0991 e. The summed E-state index contributed by atoms with van der Waals surface area (Å²) in [4.78, 5) is 0. The Morgan fingerprint density at radius 1 is 1.80 bits per heavy atom. The molecule has 0 fully saturated rings. The minimum Gasteiger partial charge on any atom is -0.323 e. The van der Waals surface area contributed by atoms with E-state index in [0.29, 0.717) is 0 Å². The maximum Gasteiger partial charge on any atom is 0.0991 e. The first-order valence-electron chi connectivity index (χ1n) is 3.39. The van der Waals surface area contributed by atoms with E-state index < -0.39 is 0 Å². The Morgan fingerprint density at radius 3 is 2.80 bits per heavy atom. The third-order valence-corrected chi connectivity index (χ3v) is 1.35. The van der Waals surface area contributed by atoms with E-state index in [4.69, 9.17) is 5.73 Å². The molecule has 1 atom stereocenters. The molecule has 1 heterocycles. The third-order valence-electron chi connectivity index (χ3n) is 1.35. The summed E-state index contributed by atoms with van der Waals surface area (Å²) in [6.07, 6.45) is 1.87. The number of nitrogens with two attached hydrogens (primary N) is 1. The van der Waals surface area contributed by atoms with Crippen molar-refractivity contribution in [2.24, 2.45) is 5.73 Å². The summed E-state index contributed by atoms with van der Waals surface area (Å²) in [7, 11) is 0. The first kappa shape index (κ1) is 7.21. The molecule has 1 rings (SSSR count). The third kappa shape index (κ3) is 1.33. The highest BCUT2D eigenvalue weighted by Gasteiger charge is 2.02. The molecule has 10 heavy (non-hydrogen) atoms. The van der Waals surface area contributed by atoms with Crippen LogP contribution < -0.4 is 5.73 Å². The van der Waals surface area contributed by atoms with E-state index in [1.807, 2.05) is 20.0 Å². The Balaban J connectivity index is 2.78. The van der Waals surface area contributed by atoms with Gasteiger partial charge in [-0.3, -0.25) is 4.68 Å². The van der Waals surface area contributed by atoms with Crippen LogP contribution >= 0.6 is 0 Å². The lowest BCUT2D eigenvalue weighted by Crippen LogP contribution is -2.04. The predicted octanol–water partition coefficient (Wildman–Crippen LogP) is 0.318. The van der Waals surface area contributed by atoms with Crippen LogP contribution in [-0.2, 0) is 6.54 Å². The molecule has 0 aliphatic rings. The molecule has 0 saturated carbocycles. The molecular weight excluding hydrogens is 128 g/mol. The fourth-order valence-electron chi connectivity index (χ4n) is 0.677. The van der Waals surface area contributed by atoms with Gasteiger partial charge in [-0.15, -0.1) is 5.10 Å². The van der Waals surface area contributed by atoms with Gasteiger partial charge in [-0.2, -0.15) is 0 Å². The molecule has 1 aromatic rings. The van der Waals surface area contributed by atoms with Gasteiger partial charge >= 0.3 is 0 Å². The second-order valence-corrected chi connectivity index (χ2v) is 2.29. The van der Waals surface area contributed by atoms with Crippen molar-refractivity contribution >= 4 is 0 Å². The van der Waals surface area contributed by atoms with Crippen molar-refractivity contribution < 1.29 is 0 Å². The van der Waals surface area contributed by atoms with Crippen molar-refractivity contribution in [1.82, 2.24) is 15.0 Å². The SMILES string of the molecule is CCn1cc([C@H](C)N)nn1. The van der Waals surface area contributed by atoms with E-state index >= 15 is 0 Å². The highest BCUT2D eigenvalue weighted by Crippen LogP contribution is 2.02. The van der Waals surface area contributed by atoms with Crippen LogP contribution in [0.5, 0.6) is 0 Å². The van der Waals surface area contributed by atoms with E-state index in [-0.39, 0.29) is 6.04 Å². The van der Waals surface area contributed by atoms with Crippen LogP contribution in [-0.4, -0.2) is 15.0 Å². The average Bonchev–Trinajstić information content (AvgIpc) is 2.34. The Bertz CT molecular complexity index is 203. The average molecular weight is 140 g/mol. The van der Waals surface area contributed by atoms with Gasteiger partial charge in [-0.25, -0.2) is 0 Å². The zero-order valence-electron chi connectivity index (χ0n) is 6.28. The van der Waals surface area contributed by atoms with Crippen LogP contribution in [0, 0.1) is 0 Å². The standard InChI is InChI=1S/C6H12N4/c1-3-10-4-6(5(2)7)8-9-10/h4-5H,3,7H2,1-2H3/t5-/m0/s1. The fraction of sp³-hybridized carbons (Fsp3) is 0.667. The molecule has 0 aliphatic carbocycles. The Hall–Kier alpha value is -0.900. The van der Waals surface area contributed by atoms with Gasteiger partial charge in [0, 0.05) is 18.8 Å². The molecule has 4 nitrogen and oxygen atoms in total. The summed E-state index contributed by atoms with van der Waals surface area (Å²) < 4.78 is 1.76. The first-order chi connectivity index (χ1) is 4.74. The summed E-state index contributed by atoms with van der Waals surface area (Å²) in [5, 5.41) is 7.72. The molecule has 0 aliphatic heterocycles. The monoisotopic (exact) mass is 140 g/mol. The molecular formula is C6H12N4. The molecule has 56 valence electrons. The van der Waals surface area contributed by atoms with E-state index in [1.54, 1.807) is 4.68 Å². The quantitative estimate of drug-likeness (QED) is 0.643. The lowest BCUT2D eigenvalue weighted by Gasteiger charge is -1.94. The van der Waals surface area contributed by atoms with Crippen molar-refractivity contribution in [2.45, 2.75) is 26.4 Å². The van der Waals surface area contributed by atoms with Crippen LogP contribution in [0.15, 0.2) is 6.20 Å². The lowest BCUT2D eigenvalue weighted by molar-refractivity contribution is 0.626. The van der Waals surface area contributed by atoms with Crippen molar-refractivity contribution in [3.8, 4) is 0 Å². The molecule has 0 spiro atoms. The highest BCUT2D eigenvalue weighted by atomic mass is 15.4. The largest absolute Gasteiger partial charge is 0.323 e. The number of nitrogens with zero attached hydrogens (tertiary/aromatic N) is 3. The van der Waals surface area contributed by atoms with E-state index in [0.717, 1.165) is 12.2 Å². The second-order valence-electron chi connectivity index (χ2n) is 2.29. The molecule has 0 unspecified atom stereocenters. The maximum absolute atomic E-state index is 5.57. The van der Waals surface area contributed by atoms with Gasteiger partial charge in [0.05, 0.1) is 5.69 Å². The van der Waals surface area contributed by atoms with Crippen molar-refractivity contribution in [1.29, 1.82) is 0 Å². The number of hydrogen-bond donors (Lipinski definition) is 1. The lowest BCUT2D eigenvalue weighted by atomic mass is 10.3. The van der Waals surface area contributed by atoms with Gasteiger partial charge in [-0.1, -0.05) is 5.21 Å². The fourth-order valence-corrected chi connectivity index (χ4v) is 0.677. The van der Waals surface area contributed by atoms with Crippen LogP contribution in [0.25, 0.3) is 0 Å². The molecule has 0 aromatic carbocycles. The van der Waals surface area contributed by atoms with Crippen molar-refractivity contribution in [3.63, 3.8) is 0 Å². The zero-order valence-corrected chi connectivity index (χ0v) is 6.28. The van der Waals surface area contributed by atoms with Crippen molar-refractivity contribution in [3.05, 3.63) is 11.9 Å². The number of aryl methyl sites for hydroxylation is 1. The van der Waals surface area contributed by atoms with Crippen LogP contribution in [0.1, 0.15) is 25.6 Å². The first-order valence-corrected chi connectivity index (χ1v) is 3.39. The zero-order chi connectivity index (χ0) is 7.56. The summed E-state index contributed by atoms with van der Waals surface area (Å²) in [5.41, 5.74) is 6.41. The maximum atomic E-state index is 5.57. The van der Waals surface area contributed by atoms with E-state index in [1.165, 1.54) is 0 Å². The highest BCUT2D eigenvalue weighted by molar-refractivity contribution is 4.97. The molecule has 1 aromatic heterocycles. The minimum absolute atomic E-state index is 0.0136. The van der Waals surface area contributed by atoms with Gasteiger partial charge in [0.15, 0.2) is 0 Å². The second kappa shape index (κ2) is 2.79. The summed E-state index contributed by atoms with van der Waals surface area (Å²) in [6.45, 7) is 4.75. The van der Waals surface area contributed by atoms with Gasteiger partial charge in [0.1, 0.15) is 0 Å². The van der Waals surface area contributed by atoms with Crippen LogP contribution in [0.4, 0.5) is 0 Å². The summed E-state index contributed by atoms with van der Waals surface area (Å²) >= 11 is 0.